The van der Waals surface area contributed by atoms with Crippen molar-refractivity contribution in [3.63, 3.8) is 0 Å². The van der Waals surface area contributed by atoms with Crippen molar-refractivity contribution in [3.05, 3.63) is 78.5 Å². The molecule has 2 N–H and O–H groups in total. The quantitative estimate of drug-likeness (QED) is 0.591. The highest BCUT2D eigenvalue weighted by molar-refractivity contribution is 5.85. The van der Waals surface area contributed by atoms with Crippen LogP contribution in [0.4, 0.5) is 0 Å². The fraction of sp³-hybridized carbons (Fsp3) is 0.100. The van der Waals surface area contributed by atoms with Crippen LogP contribution in [-0.2, 0) is 11.8 Å². The maximum absolute atomic E-state index is 12.0. The lowest BCUT2D eigenvalue weighted by Crippen LogP contribution is -2.22. The second kappa shape index (κ2) is 6.87. The molecule has 0 aliphatic rings. The number of rotatable bonds is 5. The van der Waals surface area contributed by atoms with Gasteiger partial charge in [0.2, 0.25) is 11.8 Å². The fourth-order valence-corrected chi connectivity index (χ4v) is 3.04. The highest BCUT2D eigenvalue weighted by Gasteiger charge is 2.20. The lowest BCUT2D eigenvalue weighted by atomic mass is 9.92. The largest absolute Gasteiger partial charge is 0.438 e. The van der Waals surface area contributed by atoms with Crippen molar-refractivity contribution in [1.29, 1.82) is 0 Å². The van der Waals surface area contributed by atoms with Crippen molar-refractivity contribution in [2.24, 2.45) is 12.8 Å². The van der Waals surface area contributed by atoms with Crippen LogP contribution in [0.5, 0.6) is 11.6 Å². The molecular formula is C20H17N5O2. The van der Waals surface area contributed by atoms with E-state index in [1.54, 1.807) is 30.6 Å². The molecule has 1 aromatic carbocycles. The van der Waals surface area contributed by atoms with Gasteiger partial charge in [0.25, 0.3) is 0 Å². The molecule has 3 heterocycles. The number of aromatic nitrogens is 4. The third-order valence-electron chi connectivity index (χ3n) is 4.36. The number of nitrogens with zero attached hydrogens (tertiary/aromatic N) is 4. The van der Waals surface area contributed by atoms with E-state index in [1.807, 2.05) is 42.1 Å². The number of carbonyl (C=O) groups excluding carboxylic acids is 1. The van der Waals surface area contributed by atoms with Crippen molar-refractivity contribution < 1.29 is 9.53 Å². The van der Waals surface area contributed by atoms with E-state index in [1.165, 1.54) is 6.33 Å². The van der Waals surface area contributed by atoms with Crippen LogP contribution in [0.15, 0.2) is 67.4 Å². The maximum atomic E-state index is 12.0. The average Bonchev–Trinajstić information content (AvgIpc) is 3.06. The first-order valence-electron chi connectivity index (χ1n) is 8.36. The fourth-order valence-electron chi connectivity index (χ4n) is 3.04. The summed E-state index contributed by atoms with van der Waals surface area (Å²) < 4.78 is 7.81. The van der Waals surface area contributed by atoms with Gasteiger partial charge < -0.3 is 15.0 Å². The highest BCUT2D eigenvalue weighted by atomic mass is 16.5. The van der Waals surface area contributed by atoms with Crippen LogP contribution in [0.1, 0.15) is 17.0 Å². The number of aryl methyl sites for hydroxylation is 1. The summed E-state index contributed by atoms with van der Waals surface area (Å²) in [6.07, 6.45) is 6.68. The molecule has 0 bridgehead atoms. The molecule has 4 rings (SSSR count). The number of pyridine rings is 1. The number of benzene rings is 1. The van der Waals surface area contributed by atoms with E-state index in [9.17, 15) is 4.79 Å². The van der Waals surface area contributed by atoms with Crippen molar-refractivity contribution in [2.75, 3.05) is 0 Å². The minimum atomic E-state index is -0.562. The molecule has 0 spiro atoms. The van der Waals surface area contributed by atoms with Gasteiger partial charge in [-0.15, -0.1) is 0 Å². The van der Waals surface area contributed by atoms with E-state index in [-0.39, 0.29) is 0 Å². The Bertz CT molecular complexity index is 1090. The van der Waals surface area contributed by atoms with Gasteiger partial charge in [0.05, 0.1) is 11.3 Å². The van der Waals surface area contributed by atoms with Gasteiger partial charge in [0, 0.05) is 25.6 Å². The normalized spacial score (nSPS) is 12.0. The molecule has 7 heteroatoms. The number of carbonyl (C=O) groups is 1. The standard InChI is InChI=1S/C20H17N5O2/c1-25-10-8-16-19(25)23-12-24-20(16)27-15-6-4-13(5-7-15)17(18(21)26)14-3-2-9-22-11-14/h2-12,17H,1H3,(H2,21,26). The summed E-state index contributed by atoms with van der Waals surface area (Å²) in [6, 6.07) is 12.7. The number of amides is 1. The molecule has 0 saturated carbocycles. The summed E-state index contributed by atoms with van der Waals surface area (Å²) >= 11 is 0. The Kier molecular flexibility index (Phi) is 4.25. The van der Waals surface area contributed by atoms with E-state index < -0.39 is 11.8 Å². The third-order valence-corrected chi connectivity index (χ3v) is 4.36. The molecular weight excluding hydrogens is 342 g/mol. The third kappa shape index (κ3) is 3.22. The summed E-state index contributed by atoms with van der Waals surface area (Å²) in [5.41, 5.74) is 7.93. The lowest BCUT2D eigenvalue weighted by molar-refractivity contribution is -0.118. The van der Waals surface area contributed by atoms with Crippen molar-refractivity contribution in [1.82, 2.24) is 19.5 Å². The molecule has 1 amide bonds. The van der Waals surface area contributed by atoms with E-state index in [0.29, 0.717) is 11.6 Å². The molecule has 0 aliphatic carbocycles. The minimum absolute atomic E-state index is 0.432. The van der Waals surface area contributed by atoms with Crippen LogP contribution in [-0.4, -0.2) is 25.4 Å². The molecule has 0 aliphatic heterocycles. The first-order valence-corrected chi connectivity index (χ1v) is 8.36. The van der Waals surface area contributed by atoms with Crippen molar-refractivity contribution in [3.8, 4) is 11.6 Å². The smallest absolute Gasteiger partial charge is 0.231 e. The Balaban J connectivity index is 1.62. The van der Waals surface area contributed by atoms with Gasteiger partial charge in [-0.05, 0) is 35.4 Å². The van der Waals surface area contributed by atoms with Crippen LogP contribution in [0.3, 0.4) is 0 Å². The second-order valence-corrected chi connectivity index (χ2v) is 6.14. The Morgan fingerprint density at radius 1 is 1.11 bits per heavy atom. The lowest BCUT2D eigenvalue weighted by Gasteiger charge is -2.14. The predicted molar refractivity (Wildman–Crippen MR) is 100 cm³/mol. The van der Waals surface area contributed by atoms with Gasteiger partial charge in [-0.1, -0.05) is 18.2 Å². The van der Waals surface area contributed by atoms with E-state index >= 15 is 0 Å². The Morgan fingerprint density at radius 2 is 1.93 bits per heavy atom. The van der Waals surface area contributed by atoms with E-state index in [4.69, 9.17) is 10.5 Å². The number of hydrogen-bond donors (Lipinski definition) is 1. The molecule has 3 aromatic heterocycles. The summed E-state index contributed by atoms with van der Waals surface area (Å²) in [5, 5.41) is 0.828. The monoisotopic (exact) mass is 359 g/mol. The van der Waals surface area contributed by atoms with Crippen LogP contribution in [0, 0.1) is 0 Å². The maximum Gasteiger partial charge on any atom is 0.231 e. The molecule has 7 nitrogen and oxygen atoms in total. The average molecular weight is 359 g/mol. The number of fused-ring (bicyclic) bond motifs is 1. The van der Waals surface area contributed by atoms with Gasteiger partial charge in [-0.2, -0.15) is 0 Å². The molecule has 0 radical (unpaired) electrons. The zero-order chi connectivity index (χ0) is 18.8. The van der Waals surface area contributed by atoms with Crippen molar-refractivity contribution >= 4 is 16.9 Å². The molecule has 0 saturated heterocycles. The first kappa shape index (κ1) is 16.7. The molecule has 0 fully saturated rings. The van der Waals surface area contributed by atoms with Gasteiger partial charge in [-0.25, -0.2) is 9.97 Å². The number of primary amides is 1. The zero-order valence-electron chi connectivity index (χ0n) is 14.6. The summed E-state index contributed by atoms with van der Waals surface area (Å²) in [4.78, 5) is 24.5. The van der Waals surface area contributed by atoms with Crippen molar-refractivity contribution in [2.45, 2.75) is 5.92 Å². The Hall–Kier alpha value is -3.74. The number of ether oxygens (including phenoxy) is 1. The molecule has 1 atom stereocenters. The summed E-state index contributed by atoms with van der Waals surface area (Å²) in [6.45, 7) is 0. The number of hydrogen-bond acceptors (Lipinski definition) is 5. The van der Waals surface area contributed by atoms with Gasteiger partial charge in [0.1, 0.15) is 17.7 Å². The van der Waals surface area contributed by atoms with Gasteiger partial charge >= 0.3 is 0 Å². The predicted octanol–water partition coefficient (Wildman–Crippen LogP) is 2.77. The zero-order valence-corrected chi connectivity index (χ0v) is 14.6. The van der Waals surface area contributed by atoms with Crippen LogP contribution in [0.2, 0.25) is 0 Å². The SMILES string of the molecule is Cn1ccc2c(Oc3ccc(C(C(N)=O)c4cccnc4)cc3)ncnc21. The second-order valence-electron chi connectivity index (χ2n) is 6.14. The Morgan fingerprint density at radius 3 is 2.63 bits per heavy atom. The Labute approximate surface area is 155 Å². The topological polar surface area (TPSA) is 95.9 Å². The summed E-state index contributed by atoms with van der Waals surface area (Å²) in [7, 11) is 1.91. The van der Waals surface area contributed by atoms with E-state index in [2.05, 4.69) is 15.0 Å². The van der Waals surface area contributed by atoms with Gasteiger partial charge in [0.15, 0.2) is 0 Å². The van der Waals surface area contributed by atoms with Crippen LogP contribution < -0.4 is 10.5 Å². The molecule has 4 aromatic rings. The summed E-state index contributed by atoms with van der Waals surface area (Å²) in [5.74, 6) is 0.0927. The highest BCUT2D eigenvalue weighted by Crippen LogP contribution is 2.29. The van der Waals surface area contributed by atoms with Gasteiger partial charge in [-0.3, -0.25) is 9.78 Å². The molecule has 27 heavy (non-hydrogen) atoms. The first-order chi connectivity index (χ1) is 13.1. The molecule has 1 unspecified atom stereocenters. The van der Waals surface area contributed by atoms with E-state index in [0.717, 1.165) is 22.2 Å². The molecule has 134 valence electrons. The van der Waals surface area contributed by atoms with Crippen LogP contribution >= 0.6 is 0 Å². The minimum Gasteiger partial charge on any atom is -0.438 e. The number of nitrogens with two attached hydrogens (primary N) is 1. The van der Waals surface area contributed by atoms with Crippen LogP contribution in [0.25, 0.3) is 11.0 Å².